The number of hydrogen-bond acceptors (Lipinski definition) is 6. The van der Waals surface area contributed by atoms with Gasteiger partial charge in [-0.1, -0.05) is 176 Å². The van der Waals surface area contributed by atoms with Crippen molar-refractivity contribution in [1.82, 2.24) is 19.9 Å². The third-order valence-corrected chi connectivity index (χ3v) is 12.7. The predicted molar refractivity (Wildman–Crippen MR) is 256 cm³/mol. The minimum Gasteiger partial charge on any atom is -0.452 e. The Labute approximate surface area is 361 Å². The normalized spacial score (nSPS) is 11.5. The van der Waals surface area contributed by atoms with Crippen LogP contribution in [0.4, 0.5) is 0 Å². The molecule has 8 aromatic carbocycles. The van der Waals surface area contributed by atoms with E-state index in [0.717, 1.165) is 88.0 Å². The maximum atomic E-state index is 6.53. The highest BCUT2D eigenvalue weighted by Crippen LogP contribution is 2.41. The summed E-state index contributed by atoms with van der Waals surface area (Å²) in [5.74, 6) is 1.35. The van der Waals surface area contributed by atoms with Crippen LogP contribution in [0.25, 0.3) is 121 Å². The van der Waals surface area contributed by atoms with Gasteiger partial charge in [0.25, 0.3) is 0 Å². The van der Waals surface area contributed by atoms with Crippen molar-refractivity contribution in [2.45, 2.75) is 0 Å². The summed E-state index contributed by atoms with van der Waals surface area (Å²) in [7, 11) is 0. The van der Waals surface area contributed by atoms with E-state index in [1.165, 1.54) is 15.8 Å². The summed E-state index contributed by atoms with van der Waals surface area (Å²) in [6.07, 6.45) is 0. The lowest BCUT2D eigenvalue weighted by Gasteiger charge is -2.11. The van der Waals surface area contributed by atoms with Gasteiger partial charge < -0.3 is 4.42 Å². The van der Waals surface area contributed by atoms with Gasteiger partial charge in [-0.15, -0.1) is 11.3 Å². The third kappa shape index (κ3) is 6.33. The summed E-state index contributed by atoms with van der Waals surface area (Å²) < 4.78 is 8.79. The highest BCUT2D eigenvalue weighted by Gasteiger charge is 2.20. The van der Waals surface area contributed by atoms with E-state index in [1.54, 1.807) is 11.3 Å². The van der Waals surface area contributed by atoms with E-state index in [-0.39, 0.29) is 0 Å². The van der Waals surface area contributed by atoms with E-state index in [2.05, 4.69) is 176 Å². The van der Waals surface area contributed by atoms with Crippen LogP contribution in [0.3, 0.4) is 0 Å². The van der Waals surface area contributed by atoms with Crippen LogP contribution < -0.4 is 0 Å². The van der Waals surface area contributed by atoms with Gasteiger partial charge in [0, 0.05) is 37.7 Å². The van der Waals surface area contributed by atoms with Gasteiger partial charge in [-0.3, -0.25) is 0 Å². The lowest BCUT2D eigenvalue weighted by Crippen LogP contribution is -1.95. The maximum Gasteiger partial charge on any atom is 0.180 e. The second kappa shape index (κ2) is 14.9. The van der Waals surface area contributed by atoms with Crippen LogP contribution in [0.1, 0.15) is 0 Å². The molecule has 4 heterocycles. The molecule has 290 valence electrons. The van der Waals surface area contributed by atoms with Gasteiger partial charge in [-0.05, 0) is 63.7 Å². The summed E-state index contributed by atoms with van der Waals surface area (Å²) in [5, 5.41) is 2.09. The Morgan fingerprint density at radius 1 is 0.323 bits per heavy atom. The average Bonchev–Trinajstić information content (AvgIpc) is 3.93. The first-order chi connectivity index (χ1) is 30.7. The number of para-hydroxylation sites is 1. The molecule has 0 N–H and O–H groups in total. The average molecular weight is 811 g/mol. The summed E-state index contributed by atoms with van der Waals surface area (Å²) in [5.41, 5.74) is 15.5. The number of benzene rings is 8. The number of hydrogen-bond donors (Lipinski definition) is 0. The Bertz CT molecular complexity index is 3370. The van der Waals surface area contributed by atoms with Gasteiger partial charge in [0.05, 0.1) is 15.9 Å². The van der Waals surface area contributed by atoms with E-state index < -0.39 is 0 Å². The van der Waals surface area contributed by atoms with Crippen LogP contribution in [0.5, 0.6) is 0 Å². The molecule has 0 radical (unpaired) electrons. The number of rotatable bonds is 7. The first-order valence-electron chi connectivity index (χ1n) is 20.6. The SMILES string of the molecule is c1ccc(-c2ccc(-c3nc(-c4cccc(-c5cccc(-c6nc(-c7ccc(-c8ccccc8)cc7)nc7c6sc6ccccc67)c5)c4)c4oc5ccccc5c4n3)cc2)cc1. The van der Waals surface area contributed by atoms with E-state index in [0.29, 0.717) is 17.2 Å². The van der Waals surface area contributed by atoms with Crippen molar-refractivity contribution >= 4 is 53.7 Å². The van der Waals surface area contributed by atoms with Gasteiger partial charge >= 0.3 is 0 Å². The highest BCUT2D eigenvalue weighted by atomic mass is 32.1. The number of furan rings is 1. The standard InChI is InChI=1S/C56H34N4OS/c1-3-13-35(14-4-1)37-25-29-39(30-26-37)55-57-49(53-51(59-55)45-21-7-9-23-47(45)61-53)43-19-11-17-41(33-43)42-18-12-20-44(34-42)50-54-52(46-22-8-10-24-48(46)62-54)60-56(58-50)40-31-27-38(28-32-40)36-15-5-2-6-16-36/h1-34H. The zero-order chi connectivity index (χ0) is 41.0. The van der Waals surface area contributed by atoms with E-state index >= 15 is 0 Å². The summed E-state index contributed by atoms with van der Waals surface area (Å²) >= 11 is 1.74. The minimum atomic E-state index is 0.646. The van der Waals surface area contributed by atoms with Crippen LogP contribution in [-0.4, -0.2) is 19.9 Å². The molecule has 0 aliphatic heterocycles. The van der Waals surface area contributed by atoms with Crippen LogP contribution >= 0.6 is 11.3 Å². The molecule has 4 aromatic heterocycles. The van der Waals surface area contributed by atoms with Crippen LogP contribution in [0, 0.1) is 0 Å². The number of thiophene rings is 1. The van der Waals surface area contributed by atoms with Crippen molar-refractivity contribution in [3.63, 3.8) is 0 Å². The van der Waals surface area contributed by atoms with Crippen molar-refractivity contribution in [3.8, 4) is 78.7 Å². The van der Waals surface area contributed by atoms with Crippen molar-refractivity contribution in [2.75, 3.05) is 0 Å². The van der Waals surface area contributed by atoms with Crippen molar-refractivity contribution < 1.29 is 4.42 Å². The molecule has 0 saturated heterocycles. The Kier molecular flexibility index (Phi) is 8.61. The summed E-state index contributed by atoms with van der Waals surface area (Å²) in [6.45, 7) is 0. The number of fused-ring (bicyclic) bond motifs is 6. The predicted octanol–water partition coefficient (Wildman–Crippen LogP) is 15.2. The molecule has 0 unspecified atom stereocenters. The highest BCUT2D eigenvalue weighted by molar-refractivity contribution is 7.26. The number of aromatic nitrogens is 4. The first-order valence-corrected chi connectivity index (χ1v) is 21.4. The quantitative estimate of drug-likeness (QED) is 0.160. The zero-order valence-corrected chi connectivity index (χ0v) is 34.1. The summed E-state index contributed by atoms with van der Waals surface area (Å²) in [6, 6.07) is 71.6. The van der Waals surface area contributed by atoms with Gasteiger partial charge in [-0.25, -0.2) is 19.9 Å². The monoisotopic (exact) mass is 810 g/mol. The fourth-order valence-corrected chi connectivity index (χ4v) is 9.56. The van der Waals surface area contributed by atoms with Crippen LogP contribution in [0.2, 0.25) is 0 Å². The number of nitrogens with zero attached hydrogens (tertiary/aromatic N) is 4. The molecule has 0 aliphatic carbocycles. The Balaban J connectivity index is 0.965. The molecule has 0 saturated carbocycles. The molecule has 0 amide bonds. The summed E-state index contributed by atoms with van der Waals surface area (Å²) in [4.78, 5) is 20.9. The molecule has 12 aromatic rings. The molecule has 62 heavy (non-hydrogen) atoms. The van der Waals surface area contributed by atoms with E-state index in [1.807, 2.05) is 30.3 Å². The van der Waals surface area contributed by atoms with Crippen molar-refractivity contribution in [1.29, 1.82) is 0 Å². The van der Waals surface area contributed by atoms with Gasteiger partial charge in [0.1, 0.15) is 16.8 Å². The second-order valence-electron chi connectivity index (χ2n) is 15.4. The van der Waals surface area contributed by atoms with E-state index in [9.17, 15) is 0 Å². The molecule has 12 rings (SSSR count). The maximum absolute atomic E-state index is 6.53. The fraction of sp³-hybridized carbons (Fsp3) is 0. The second-order valence-corrected chi connectivity index (χ2v) is 16.4. The Morgan fingerprint density at radius 3 is 1.40 bits per heavy atom. The van der Waals surface area contributed by atoms with Crippen molar-refractivity contribution in [3.05, 3.63) is 206 Å². The van der Waals surface area contributed by atoms with Gasteiger partial charge in [0.15, 0.2) is 17.2 Å². The molecule has 0 bridgehead atoms. The molecule has 0 aliphatic rings. The van der Waals surface area contributed by atoms with Crippen LogP contribution in [0.15, 0.2) is 211 Å². The zero-order valence-electron chi connectivity index (χ0n) is 33.2. The minimum absolute atomic E-state index is 0.646. The molecule has 5 nitrogen and oxygen atoms in total. The molecule has 0 spiro atoms. The van der Waals surface area contributed by atoms with E-state index in [4.69, 9.17) is 24.4 Å². The van der Waals surface area contributed by atoms with Crippen LogP contribution in [-0.2, 0) is 0 Å². The lowest BCUT2D eigenvalue weighted by atomic mass is 9.98. The fourth-order valence-electron chi connectivity index (χ4n) is 8.41. The largest absolute Gasteiger partial charge is 0.452 e. The smallest absolute Gasteiger partial charge is 0.180 e. The topological polar surface area (TPSA) is 64.7 Å². The van der Waals surface area contributed by atoms with Gasteiger partial charge in [0.2, 0.25) is 0 Å². The molecular weight excluding hydrogens is 777 g/mol. The molecule has 0 atom stereocenters. The van der Waals surface area contributed by atoms with Crippen molar-refractivity contribution in [2.24, 2.45) is 0 Å². The lowest BCUT2D eigenvalue weighted by molar-refractivity contribution is 0.667. The molecule has 6 heteroatoms. The Hall–Kier alpha value is -8.06. The van der Waals surface area contributed by atoms with Gasteiger partial charge in [-0.2, -0.15) is 0 Å². The molecular formula is C56H34N4OS. The third-order valence-electron chi connectivity index (χ3n) is 11.5. The Morgan fingerprint density at radius 2 is 0.774 bits per heavy atom. The first kappa shape index (κ1) is 35.8. The molecule has 0 fully saturated rings.